The van der Waals surface area contributed by atoms with Gasteiger partial charge in [-0.2, -0.15) is 13.2 Å². The van der Waals surface area contributed by atoms with E-state index in [0.29, 0.717) is 12.8 Å². The van der Waals surface area contributed by atoms with Gasteiger partial charge in [0.25, 0.3) is 12.1 Å². The lowest BCUT2D eigenvalue weighted by molar-refractivity contribution is -0.286. The zero-order valence-electron chi connectivity index (χ0n) is 7.25. The molecule has 1 aliphatic carbocycles. The topological polar surface area (TPSA) is 0 Å². The molecule has 0 aromatic rings. The molecule has 1 saturated carbocycles. The molecular formula is C8H10F6. The molecule has 0 amide bonds. The van der Waals surface area contributed by atoms with Crippen molar-refractivity contribution in [1.29, 1.82) is 0 Å². The third-order valence-corrected chi connectivity index (χ3v) is 2.70. The molecule has 0 nitrogen and oxygen atoms in total. The van der Waals surface area contributed by atoms with E-state index in [4.69, 9.17) is 0 Å². The molecule has 0 saturated heterocycles. The van der Waals surface area contributed by atoms with Gasteiger partial charge in [-0.05, 0) is 12.8 Å². The molecule has 1 fully saturated rings. The van der Waals surface area contributed by atoms with E-state index in [-0.39, 0.29) is 12.8 Å². The predicted octanol–water partition coefficient (Wildman–Crippen LogP) is 3.71. The molecule has 0 radical (unpaired) electrons. The van der Waals surface area contributed by atoms with E-state index in [9.17, 15) is 26.3 Å². The van der Waals surface area contributed by atoms with E-state index in [1.165, 1.54) is 0 Å². The van der Waals surface area contributed by atoms with Crippen LogP contribution in [0.1, 0.15) is 25.7 Å². The fourth-order valence-electron chi connectivity index (χ4n) is 1.88. The summed E-state index contributed by atoms with van der Waals surface area (Å²) in [7, 11) is 0. The second-order valence-corrected chi connectivity index (χ2v) is 3.55. The molecular weight excluding hydrogens is 210 g/mol. The van der Waals surface area contributed by atoms with E-state index in [0.717, 1.165) is 0 Å². The average molecular weight is 220 g/mol. The van der Waals surface area contributed by atoms with Gasteiger partial charge < -0.3 is 0 Å². The molecule has 0 aliphatic heterocycles. The van der Waals surface area contributed by atoms with Gasteiger partial charge in [-0.15, -0.1) is 0 Å². The van der Waals surface area contributed by atoms with Crippen LogP contribution < -0.4 is 0 Å². The molecule has 0 N–H and O–H groups in total. The highest BCUT2D eigenvalue weighted by Crippen LogP contribution is 2.49. The van der Waals surface area contributed by atoms with Gasteiger partial charge in [-0.3, -0.25) is 0 Å². The Bertz CT molecular complexity index is 192. The lowest BCUT2D eigenvalue weighted by atomic mass is 9.87. The maximum atomic E-state index is 13.3. The fourth-order valence-corrected chi connectivity index (χ4v) is 1.88. The van der Waals surface area contributed by atoms with Crippen molar-refractivity contribution < 1.29 is 26.3 Å². The minimum Gasteiger partial charge on any atom is -0.227 e. The smallest absolute Gasteiger partial charge is 0.227 e. The summed E-state index contributed by atoms with van der Waals surface area (Å²) in [5, 5.41) is 0. The van der Waals surface area contributed by atoms with Gasteiger partial charge in [0, 0.05) is 5.92 Å². The number of hydrogen-bond donors (Lipinski definition) is 0. The molecule has 1 unspecified atom stereocenters. The van der Waals surface area contributed by atoms with Crippen LogP contribution >= 0.6 is 0 Å². The molecule has 0 bridgehead atoms. The molecule has 84 valence electrons. The van der Waals surface area contributed by atoms with Crippen LogP contribution in [0.5, 0.6) is 0 Å². The minimum atomic E-state index is -5.48. The van der Waals surface area contributed by atoms with Gasteiger partial charge in [0.15, 0.2) is 0 Å². The number of alkyl halides is 6. The second kappa shape index (κ2) is 3.62. The zero-order chi connectivity index (χ0) is 11.0. The summed E-state index contributed by atoms with van der Waals surface area (Å²) in [4.78, 5) is 0. The van der Waals surface area contributed by atoms with E-state index < -0.39 is 24.2 Å². The summed E-state index contributed by atoms with van der Waals surface area (Å²) in [5.74, 6) is -1.58. The quantitative estimate of drug-likeness (QED) is 0.622. The van der Waals surface area contributed by atoms with Crippen LogP contribution in [0, 0.1) is 5.92 Å². The third-order valence-electron chi connectivity index (χ3n) is 2.70. The maximum absolute atomic E-state index is 13.3. The van der Waals surface area contributed by atoms with Crippen LogP contribution in [-0.2, 0) is 0 Å². The molecule has 0 spiro atoms. The van der Waals surface area contributed by atoms with Crippen LogP contribution in [0.4, 0.5) is 26.3 Å². The van der Waals surface area contributed by atoms with E-state index >= 15 is 0 Å². The standard InChI is InChI=1S/C8H10F6/c9-6(10)7(11,8(12,13)14)5-3-1-2-4-5/h5-6H,1-4H2. The van der Waals surface area contributed by atoms with Crippen molar-refractivity contribution in [3.8, 4) is 0 Å². The van der Waals surface area contributed by atoms with E-state index in [1.54, 1.807) is 0 Å². The van der Waals surface area contributed by atoms with Crippen molar-refractivity contribution in [3.63, 3.8) is 0 Å². The number of hydrogen-bond acceptors (Lipinski definition) is 0. The molecule has 0 aromatic carbocycles. The first-order chi connectivity index (χ1) is 6.30. The molecule has 1 atom stereocenters. The van der Waals surface area contributed by atoms with Crippen molar-refractivity contribution >= 4 is 0 Å². The highest BCUT2D eigenvalue weighted by molar-refractivity contribution is 4.97. The Balaban J connectivity index is 2.91. The predicted molar refractivity (Wildman–Crippen MR) is 37.9 cm³/mol. The summed E-state index contributed by atoms with van der Waals surface area (Å²) < 4.78 is 74.0. The Kier molecular flexibility index (Phi) is 3.02. The van der Waals surface area contributed by atoms with Crippen LogP contribution in [0.15, 0.2) is 0 Å². The van der Waals surface area contributed by atoms with Gasteiger partial charge in [0.2, 0.25) is 0 Å². The molecule has 0 aromatic heterocycles. The van der Waals surface area contributed by atoms with Gasteiger partial charge in [-0.1, -0.05) is 12.8 Å². The Morgan fingerprint density at radius 1 is 0.929 bits per heavy atom. The Hall–Kier alpha value is -0.420. The van der Waals surface area contributed by atoms with Crippen LogP contribution in [-0.4, -0.2) is 18.3 Å². The SMILES string of the molecule is FC(F)C(F)(C1CCCC1)C(F)(F)F. The molecule has 1 rings (SSSR count). The van der Waals surface area contributed by atoms with Gasteiger partial charge in [0.1, 0.15) is 0 Å². The van der Waals surface area contributed by atoms with Crippen LogP contribution in [0.25, 0.3) is 0 Å². The second-order valence-electron chi connectivity index (χ2n) is 3.55. The lowest BCUT2D eigenvalue weighted by Crippen LogP contribution is -2.52. The largest absolute Gasteiger partial charge is 0.428 e. The first kappa shape index (κ1) is 11.7. The van der Waals surface area contributed by atoms with Crippen molar-refractivity contribution in [1.82, 2.24) is 0 Å². The van der Waals surface area contributed by atoms with E-state index in [2.05, 4.69) is 0 Å². The maximum Gasteiger partial charge on any atom is 0.428 e. The average Bonchev–Trinajstić information content (AvgIpc) is 2.52. The van der Waals surface area contributed by atoms with Gasteiger partial charge >= 0.3 is 6.18 Å². The van der Waals surface area contributed by atoms with Gasteiger partial charge in [-0.25, -0.2) is 13.2 Å². The Morgan fingerprint density at radius 2 is 1.36 bits per heavy atom. The summed E-state index contributed by atoms with van der Waals surface area (Å²) in [6.07, 6.45) is -8.92. The number of rotatable bonds is 2. The fraction of sp³-hybridized carbons (Fsp3) is 1.00. The summed E-state index contributed by atoms with van der Waals surface area (Å²) >= 11 is 0. The lowest BCUT2D eigenvalue weighted by Gasteiger charge is -2.32. The Morgan fingerprint density at radius 3 is 1.64 bits per heavy atom. The summed E-state index contributed by atoms with van der Waals surface area (Å²) in [6.45, 7) is 0. The van der Waals surface area contributed by atoms with Crippen molar-refractivity contribution in [2.45, 2.75) is 44.0 Å². The van der Waals surface area contributed by atoms with E-state index in [1.807, 2.05) is 0 Å². The first-order valence-corrected chi connectivity index (χ1v) is 4.34. The normalized spacial score (nSPS) is 24.2. The molecule has 6 heteroatoms. The van der Waals surface area contributed by atoms with Crippen molar-refractivity contribution in [2.24, 2.45) is 5.92 Å². The molecule has 0 heterocycles. The van der Waals surface area contributed by atoms with Gasteiger partial charge in [0.05, 0.1) is 0 Å². The third kappa shape index (κ3) is 1.70. The van der Waals surface area contributed by atoms with Crippen LogP contribution in [0.3, 0.4) is 0 Å². The summed E-state index contributed by atoms with van der Waals surface area (Å²) in [6, 6.07) is 0. The first-order valence-electron chi connectivity index (χ1n) is 4.34. The molecule has 1 aliphatic rings. The Labute approximate surface area is 77.3 Å². The minimum absolute atomic E-state index is 0.111. The van der Waals surface area contributed by atoms with Crippen molar-refractivity contribution in [2.75, 3.05) is 0 Å². The highest BCUT2D eigenvalue weighted by atomic mass is 19.4. The molecule has 14 heavy (non-hydrogen) atoms. The monoisotopic (exact) mass is 220 g/mol. The van der Waals surface area contributed by atoms with Crippen molar-refractivity contribution in [3.05, 3.63) is 0 Å². The van der Waals surface area contributed by atoms with Crippen LogP contribution in [0.2, 0.25) is 0 Å². The zero-order valence-corrected chi connectivity index (χ0v) is 7.25. The number of halogens is 6. The highest BCUT2D eigenvalue weighted by Gasteiger charge is 2.66. The summed E-state index contributed by atoms with van der Waals surface area (Å²) in [5.41, 5.74) is -4.32.